The highest BCUT2D eigenvalue weighted by atomic mass is 32.2. The number of nitrogens with zero attached hydrogens (tertiary/aromatic N) is 4. The Morgan fingerprint density at radius 3 is 2.89 bits per heavy atom. The van der Waals surface area contributed by atoms with E-state index in [4.69, 9.17) is 5.26 Å². The normalized spacial score (nSPS) is 11.0. The number of hydrogen-bond acceptors (Lipinski definition) is 5. The predicted molar refractivity (Wildman–Crippen MR) is 102 cm³/mol. The summed E-state index contributed by atoms with van der Waals surface area (Å²) in [5.41, 5.74) is 3.83. The van der Waals surface area contributed by atoms with Crippen LogP contribution in [0.1, 0.15) is 28.9 Å². The molecule has 6 nitrogen and oxygen atoms in total. The maximum Gasteiger partial charge on any atom is 0.288 e. The third-order valence-electron chi connectivity index (χ3n) is 4.27. The highest BCUT2D eigenvalue weighted by Gasteiger charge is 2.15. The van der Waals surface area contributed by atoms with Gasteiger partial charge >= 0.3 is 0 Å². The summed E-state index contributed by atoms with van der Waals surface area (Å²) in [6, 6.07) is 8.43. The molecule has 3 rings (SSSR count). The quantitative estimate of drug-likeness (QED) is 0.629. The summed E-state index contributed by atoms with van der Waals surface area (Å²) < 4.78 is 26.6. The van der Waals surface area contributed by atoms with Gasteiger partial charge in [-0.25, -0.2) is 9.50 Å². The molecule has 0 atom stereocenters. The first kappa shape index (κ1) is 19.8. The standard InChI is InChI=1S/C19H17F2N5OS/c1-11-16(12(2)26-18(24-11)13(9-22)10-23-26)6-7-17(27)25-14-4-3-5-15(8-14)28-19(20)21/h3-5,8,10,19H,6-7H2,1-2H3,(H,25,27). The lowest BCUT2D eigenvalue weighted by Gasteiger charge is -2.11. The molecule has 0 saturated heterocycles. The second-order valence-corrected chi connectivity index (χ2v) is 7.18. The number of nitrogens with one attached hydrogen (secondary N) is 1. The zero-order valence-electron chi connectivity index (χ0n) is 15.2. The van der Waals surface area contributed by atoms with Gasteiger partial charge in [0.05, 0.1) is 6.20 Å². The van der Waals surface area contributed by atoms with Crippen molar-refractivity contribution in [1.82, 2.24) is 14.6 Å². The molecule has 0 spiro atoms. The first-order valence-electron chi connectivity index (χ1n) is 8.47. The Balaban J connectivity index is 1.71. The van der Waals surface area contributed by atoms with E-state index in [9.17, 15) is 13.6 Å². The van der Waals surface area contributed by atoms with Crippen LogP contribution >= 0.6 is 11.8 Å². The van der Waals surface area contributed by atoms with Crippen molar-refractivity contribution in [2.45, 2.75) is 37.3 Å². The minimum Gasteiger partial charge on any atom is -0.326 e. The topological polar surface area (TPSA) is 83.1 Å². The number of anilines is 1. The van der Waals surface area contributed by atoms with Gasteiger partial charge in [0.25, 0.3) is 5.76 Å². The average Bonchev–Trinajstić information content (AvgIpc) is 3.04. The minimum atomic E-state index is -2.51. The molecule has 144 valence electrons. The number of thioether (sulfide) groups is 1. The first-order chi connectivity index (χ1) is 13.4. The van der Waals surface area contributed by atoms with E-state index in [1.807, 2.05) is 13.8 Å². The number of aromatic nitrogens is 3. The average molecular weight is 401 g/mol. The number of nitriles is 1. The van der Waals surface area contributed by atoms with Gasteiger partial charge in [0, 0.05) is 28.4 Å². The van der Waals surface area contributed by atoms with Gasteiger partial charge in [0.1, 0.15) is 11.6 Å². The molecule has 0 saturated carbocycles. The zero-order chi connectivity index (χ0) is 20.3. The number of alkyl halides is 2. The van der Waals surface area contributed by atoms with Crippen molar-refractivity contribution in [3.63, 3.8) is 0 Å². The van der Waals surface area contributed by atoms with Crippen LogP contribution in [0.15, 0.2) is 35.4 Å². The van der Waals surface area contributed by atoms with Crippen LogP contribution in [0.4, 0.5) is 14.5 Å². The highest BCUT2D eigenvalue weighted by Crippen LogP contribution is 2.27. The number of halogens is 2. The molecule has 1 aromatic carbocycles. The first-order valence-corrected chi connectivity index (χ1v) is 9.35. The van der Waals surface area contributed by atoms with E-state index in [1.165, 1.54) is 12.3 Å². The van der Waals surface area contributed by atoms with Gasteiger partial charge in [-0.05, 0) is 44.0 Å². The van der Waals surface area contributed by atoms with Gasteiger partial charge in [-0.15, -0.1) is 0 Å². The number of carbonyl (C=O) groups is 1. The number of amides is 1. The highest BCUT2D eigenvalue weighted by molar-refractivity contribution is 7.99. The van der Waals surface area contributed by atoms with E-state index < -0.39 is 5.76 Å². The Kier molecular flexibility index (Phi) is 5.90. The predicted octanol–water partition coefficient (Wildman–Crippen LogP) is 4.10. The van der Waals surface area contributed by atoms with Gasteiger partial charge in [0.15, 0.2) is 5.65 Å². The van der Waals surface area contributed by atoms with Gasteiger partial charge in [-0.1, -0.05) is 17.8 Å². The van der Waals surface area contributed by atoms with E-state index in [0.717, 1.165) is 17.0 Å². The molecule has 9 heteroatoms. The number of fused-ring (bicyclic) bond motifs is 1. The molecule has 0 unspecified atom stereocenters. The summed E-state index contributed by atoms with van der Waals surface area (Å²) >= 11 is 0.433. The fraction of sp³-hybridized carbons (Fsp3) is 0.263. The lowest BCUT2D eigenvalue weighted by atomic mass is 10.1. The summed E-state index contributed by atoms with van der Waals surface area (Å²) in [5.74, 6) is -2.74. The second kappa shape index (κ2) is 8.35. The van der Waals surface area contributed by atoms with Crippen LogP contribution in [0, 0.1) is 25.2 Å². The van der Waals surface area contributed by atoms with E-state index in [-0.39, 0.29) is 12.3 Å². The summed E-state index contributed by atoms with van der Waals surface area (Å²) in [5, 5.41) is 16.0. The summed E-state index contributed by atoms with van der Waals surface area (Å²) in [7, 11) is 0. The summed E-state index contributed by atoms with van der Waals surface area (Å²) in [6.45, 7) is 3.70. The van der Waals surface area contributed by atoms with Crippen molar-refractivity contribution < 1.29 is 13.6 Å². The molecule has 3 aromatic rings. The smallest absolute Gasteiger partial charge is 0.288 e. The molecule has 1 amide bonds. The lowest BCUT2D eigenvalue weighted by Crippen LogP contribution is -2.14. The van der Waals surface area contributed by atoms with Crippen LogP contribution < -0.4 is 5.32 Å². The van der Waals surface area contributed by atoms with Crippen LogP contribution in [0.25, 0.3) is 5.65 Å². The van der Waals surface area contributed by atoms with Crippen molar-refractivity contribution >= 4 is 29.0 Å². The molecule has 0 bridgehead atoms. The molecular weight excluding hydrogens is 384 g/mol. The number of hydrogen-bond donors (Lipinski definition) is 1. The molecule has 0 aliphatic rings. The molecule has 2 heterocycles. The van der Waals surface area contributed by atoms with Crippen LogP contribution in [0.2, 0.25) is 0 Å². The van der Waals surface area contributed by atoms with Crippen LogP contribution in [0.3, 0.4) is 0 Å². The minimum absolute atomic E-state index is 0.202. The van der Waals surface area contributed by atoms with Gasteiger partial charge < -0.3 is 5.32 Å². The Morgan fingerprint density at radius 1 is 1.39 bits per heavy atom. The molecule has 0 fully saturated rings. The summed E-state index contributed by atoms with van der Waals surface area (Å²) in [6.07, 6.45) is 2.11. The van der Waals surface area contributed by atoms with Gasteiger partial charge in [-0.3, -0.25) is 4.79 Å². The monoisotopic (exact) mass is 401 g/mol. The molecule has 1 N–H and O–H groups in total. The zero-order valence-corrected chi connectivity index (χ0v) is 16.1. The van der Waals surface area contributed by atoms with E-state index in [1.54, 1.807) is 22.7 Å². The molecular formula is C19H17F2N5OS. The van der Waals surface area contributed by atoms with Crippen molar-refractivity contribution in [2.75, 3.05) is 5.32 Å². The van der Waals surface area contributed by atoms with Crippen molar-refractivity contribution in [1.29, 1.82) is 5.26 Å². The van der Waals surface area contributed by atoms with Crippen molar-refractivity contribution in [2.24, 2.45) is 0 Å². The number of carbonyl (C=O) groups excluding carboxylic acids is 1. The van der Waals surface area contributed by atoms with Gasteiger partial charge in [0.2, 0.25) is 5.91 Å². The fourth-order valence-electron chi connectivity index (χ4n) is 2.96. The third kappa shape index (κ3) is 4.28. The SMILES string of the molecule is Cc1nc2c(C#N)cnn2c(C)c1CCC(=O)Nc1cccc(SC(F)F)c1. The molecule has 0 aliphatic heterocycles. The fourth-order valence-corrected chi connectivity index (χ4v) is 3.52. The Labute approximate surface area is 164 Å². The molecule has 0 aliphatic carbocycles. The van der Waals surface area contributed by atoms with E-state index >= 15 is 0 Å². The maximum absolute atomic E-state index is 12.5. The Bertz CT molecular complexity index is 1070. The maximum atomic E-state index is 12.5. The Morgan fingerprint density at radius 2 is 2.18 bits per heavy atom. The number of aryl methyl sites for hydroxylation is 2. The summed E-state index contributed by atoms with van der Waals surface area (Å²) in [4.78, 5) is 17.1. The lowest BCUT2D eigenvalue weighted by molar-refractivity contribution is -0.116. The molecule has 2 aromatic heterocycles. The third-order valence-corrected chi connectivity index (χ3v) is 4.98. The number of rotatable bonds is 6. The van der Waals surface area contributed by atoms with Crippen LogP contribution in [-0.4, -0.2) is 26.3 Å². The van der Waals surface area contributed by atoms with Crippen molar-refractivity contribution in [3.8, 4) is 6.07 Å². The van der Waals surface area contributed by atoms with E-state index in [2.05, 4.69) is 21.5 Å². The van der Waals surface area contributed by atoms with E-state index in [0.29, 0.717) is 40.0 Å². The van der Waals surface area contributed by atoms with Crippen LogP contribution in [0.5, 0.6) is 0 Å². The van der Waals surface area contributed by atoms with Crippen molar-refractivity contribution in [3.05, 3.63) is 53.0 Å². The molecule has 0 radical (unpaired) electrons. The molecule has 28 heavy (non-hydrogen) atoms. The Hall–Kier alpha value is -2.99. The van der Waals surface area contributed by atoms with Crippen LogP contribution in [-0.2, 0) is 11.2 Å². The number of benzene rings is 1. The largest absolute Gasteiger partial charge is 0.326 e. The van der Waals surface area contributed by atoms with Gasteiger partial charge in [-0.2, -0.15) is 19.1 Å². The second-order valence-electron chi connectivity index (χ2n) is 6.12.